The molecule has 0 aromatic rings. The van der Waals surface area contributed by atoms with E-state index in [1.54, 1.807) is 6.92 Å². The standard InChI is InChI=1S/C22H39NO/c1-4-5-6-7-18-8-12-20(13-9-18)21-14-10-19(11-15-21)16-23-22(24)17(2)3/h18-21H,2,4-16H2,1,3H3,(H,23,24). The normalized spacial score (nSPS) is 30.8. The van der Waals surface area contributed by atoms with Crippen LogP contribution in [0.4, 0.5) is 0 Å². The molecule has 0 aromatic carbocycles. The van der Waals surface area contributed by atoms with E-state index in [1.807, 2.05) is 0 Å². The van der Waals surface area contributed by atoms with E-state index in [9.17, 15) is 4.79 Å². The number of hydrogen-bond donors (Lipinski definition) is 1. The Morgan fingerprint density at radius 3 is 1.96 bits per heavy atom. The van der Waals surface area contributed by atoms with E-state index in [4.69, 9.17) is 0 Å². The van der Waals surface area contributed by atoms with Gasteiger partial charge in [-0.3, -0.25) is 4.79 Å². The van der Waals surface area contributed by atoms with Crippen LogP contribution >= 0.6 is 0 Å². The van der Waals surface area contributed by atoms with Gasteiger partial charge in [-0.15, -0.1) is 0 Å². The van der Waals surface area contributed by atoms with Gasteiger partial charge in [-0.2, -0.15) is 0 Å². The van der Waals surface area contributed by atoms with E-state index < -0.39 is 0 Å². The number of carbonyl (C=O) groups is 1. The second-order valence-electron chi connectivity index (χ2n) is 8.55. The summed E-state index contributed by atoms with van der Waals surface area (Å²) >= 11 is 0. The smallest absolute Gasteiger partial charge is 0.246 e. The quantitative estimate of drug-likeness (QED) is 0.436. The molecular weight excluding hydrogens is 294 g/mol. The highest BCUT2D eigenvalue weighted by Gasteiger charge is 2.30. The molecule has 0 heterocycles. The topological polar surface area (TPSA) is 29.1 Å². The third kappa shape index (κ3) is 6.26. The molecule has 0 aliphatic heterocycles. The number of hydrogen-bond acceptors (Lipinski definition) is 1. The Balaban J connectivity index is 1.61. The molecule has 0 bridgehead atoms. The van der Waals surface area contributed by atoms with Crippen molar-refractivity contribution in [1.82, 2.24) is 5.32 Å². The van der Waals surface area contributed by atoms with Gasteiger partial charge >= 0.3 is 0 Å². The summed E-state index contributed by atoms with van der Waals surface area (Å²) in [5, 5.41) is 3.04. The van der Waals surface area contributed by atoms with Crippen LogP contribution in [0.3, 0.4) is 0 Å². The molecule has 1 N–H and O–H groups in total. The monoisotopic (exact) mass is 333 g/mol. The molecule has 2 aliphatic carbocycles. The molecular formula is C22H39NO. The van der Waals surface area contributed by atoms with Crippen molar-refractivity contribution in [3.63, 3.8) is 0 Å². The fourth-order valence-corrected chi connectivity index (χ4v) is 4.88. The van der Waals surface area contributed by atoms with Crippen LogP contribution in [0.5, 0.6) is 0 Å². The van der Waals surface area contributed by atoms with E-state index in [2.05, 4.69) is 18.8 Å². The Hall–Kier alpha value is -0.790. The van der Waals surface area contributed by atoms with Crippen LogP contribution < -0.4 is 5.32 Å². The lowest BCUT2D eigenvalue weighted by Crippen LogP contribution is -2.33. The second-order valence-corrected chi connectivity index (χ2v) is 8.55. The van der Waals surface area contributed by atoms with Crippen molar-refractivity contribution in [2.45, 2.75) is 90.9 Å². The van der Waals surface area contributed by atoms with Crippen LogP contribution in [-0.4, -0.2) is 12.5 Å². The van der Waals surface area contributed by atoms with Gasteiger partial charge in [0.2, 0.25) is 5.91 Å². The molecule has 0 atom stereocenters. The summed E-state index contributed by atoms with van der Waals surface area (Å²) in [5.74, 6) is 3.71. The van der Waals surface area contributed by atoms with Gasteiger partial charge in [0.1, 0.15) is 0 Å². The molecule has 138 valence electrons. The Morgan fingerprint density at radius 1 is 0.917 bits per heavy atom. The first-order valence-corrected chi connectivity index (χ1v) is 10.5. The van der Waals surface area contributed by atoms with Crippen molar-refractivity contribution in [1.29, 1.82) is 0 Å². The van der Waals surface area contributed by atoms with Crippen molar-refractivity contribution >= 4 is 5.91 Å². The highest BCUT2D eigenvalue weighted by Crippen LogP contribution is 2.42. The van der Waals surface area contributed by atoms with Crippen LogP contribution in [0.2, 0.25) is 0 Å². The Morgan fingerprint density at radius 2 is 1.46 bits per heavy atom. The number of carbonyl (C=O) groups excluding carboxylic acids is 1. The molecule has 1 amide bonds. The zero-order chi connectivity index (χ0) is 17.4. The van der Waals surface area contributed by atoms with Crippen molar-refractivity contribution in [2.75, 3.05) is 6.54 Å². The van der Waals surface area contributed by atoms with Gasteiger partial charge in [-0.05, 0) is 69.1 Å². The van der Waals surface area contributed by atoms with Gasteiger partial charge in [0, 0.05) is 12.1 Å². The van der Waals surface area contributed by atoms with E-state index >= 15 is 0 Å². The van der Waals surface area contributed by atoms with Crippen molar-refractivity contribution < 1.29 is 4.79 Å². The Kier molecular flexibility index (Phi) is 8.35. The summed E-state index contributed by atoms with van der Waals surface area (Å²) in [6, 6.07) is 0. The lowest BCUT2D eigenvalue weighted by Gasteiger charge is -2.38. The summed E-state index contributed by atoms with van der Waals surface area (Å²) < 4.78 is 0. The summed E-state index contributed by atoms with van der Waals surface area (Å²) in [4.78, 5) is 11.6. The zero-order valence-corrected chi connectivity index (χ0v) is 16.1. The van der Waals surface area contributed by atoms with Crippen LogP contribution in [0.15, 0.2) is 12.2 Å². The predicted molar refractivity (Wildman–Crippen MR) is 103 cm³/mol. The summed E-state index contributed by atoms with van der Waals surface area (Å²) in [6.45, 7) is 8.64. The molecule has 0 aromatic heterocycles. The number of nitrogens with one attached hydrogen (secondary N) is 1. The van der Waals surface area contributed by atoms with E-state index in [0.29, 0.717) is 11.5 Å². The van der Waals surface area contributed by atoms with Gasteiger partial charge < -0.3 is 5.32 Å². The van der Waals surface area contributed by atoms with Crippen LogP contribution in [0.1, 0.15) is 90.9 Å². The largest absolute Gasteiger partial charge is 0.352 e. The zero-order valence-electron chi connectivity index (χ0n) is 16.1. The first-order chi connectivity index (χ1) is 11.6. The lowest BCUT2D eigenvalue weighted by molar-refractivity contribution is -0.117. The van der Waals surface area contributed by atoms with Gasteiger partial charge in [0.25, 0.3) is 0 Å². The molecule has 2 heteroatoms. The van der Waals surface area contributed by atoms with Gasteiger partial charge in [0.05, 0.1) is 0 Å². The third-order valence-electron chi connectivity index (χ3n) is 6.60. The fraction of sp³-hybridized carbons (Fsp3) is 0.864. The maximum absolute atomic E-state index is 11.6. The second kappa shape index (κ2) is 10.3. The average molecular weight is 334 g/mol. The SMILES string of the molecule is C=C(C)C(=O)NCC1CCC(C2CCC(CCCCC)CC2)CC1. The lowest BCUT2D eigenvalue weighted by atomic mass is 9.68. The summed E-state index contributed by atoms with van der Waals surface area (Å²) in [5.41, 5.74) is 0.624. The molecule has 2 fully saturated rings. The minimum atomic E-state index is 0.0264. The maximum Gasteiger partial charge on any atom is 0.246 e. The van der Waals surface area contributed by atoms with Crippen LogP contribution in [0.25, 0.3) is 0 Å². The van der Waals surface area contributed by atoms with Gasteiger partial charge in [-0.25, -0.2) is 0 Å². The Labute approximate surface area is 149 Å². The maximum atomic E-state index is 11.6. The number of rotatable bonds is 8. The summed E-state index contributed by atoms with van der Waals surface area (Å²) in [6.07, 6.45) is 17.0. The van der Waals surface area contributed by atoms with Crippen molar-refractivity contribution in [2.24, 2.45) is 23.7 Å². The summed E-state index contributed by atoms with van der Waals surface area (Å²) in [7, 11) is 0. The van der Waals surface area contributed by atoms with E-state index in [-0.39, 0.29) is 5.91 Å². The minimum Gasteiger partial charge on any atom is -0.352 e. The van der Waals surface area contributed by atoms with Crippen LogP contribution in [-0.2, 0) is 4.79 Å². The molecule has 0 spiro atoms. The molecule has 0 unspecified atom stereocenters. The molecule has 2 nitrogen and oxygen atoms in total. The molecule has 2 rings (SSSR count). The highest BCUT2D eigenvalue weighted by atomic mass is 16.1. The van der Waals surface area contributed by atoms with E-state index in [0.717, 1.165) is 24.3 Å². The Bertz CT molecular complexity index is 387. The number of amides is 1. The average Bonchev–Trinajstić information content (AvgIpc) is 2.61. The van der Waals surface area contributed by atoms with Crippen molar-refractivity contribution in [3.05, 3.63) is 12.2 Å². The fourth-order valence-electron chi connectivity index (χ4n) is 4.88. The molecule has 0 saturated heterocycles. The van der Waals surface area contributed by atoms with Crippen molar-refractivity contribution in [3.8, 4) is 0 Å². The first-order valence-electron chi connectivity index (χ1n) is 10.5. The predicted octanol–water partition coefficient (Wildman–Crippen LogP) is 5.87. The van der Waals surface area contributed by atoms with Gasteiger partial charge in [-0.1, -0.05) is 52.0 Å². The molecule has 2 aliphatic rings. The van der Waals surface area contributed by atoms with Crippen LogP contribution in [0, 0.1) is 23.7 Å². The third-order valence-corrected chi connectivity index (χ3v) is 6.60. The highest BCUT2D eigenvalue weighted by molar-refractivity contribution is 5.92. The first kappa shape index (κ1) is 19.5. The minimum absolute atomic E-state index is 0.0264. The number of unbranched alkanes of at least 4 members (excludes halogenated alkanes) is 2. The molecule has 2 saturated carbocycles. The molecule has 24 heavy (non-hydrogen) atoms. The van der Waals surface area contributed by atoms with Gasteiger partial charge in [0.15, 0.2) is 0 Å². The molecule has 0 radical (unpaired) electrons. The van der Waals surface area contributed by atoms with E-state index in [1.165, 1.54) is 77.0 Å².